The normalized spacial score (nSPS) is 10.6. The lowest BCUT2D eigenvalue weighted by atomic mass is 10.1. The number of halogens is 1. The number of anilines is 1. The summed E-state index contributed by atoms with van der Waals surface area (Å²) in [6.07, 6.45) is 1.30. The number of aryl methyl sites for hydroxylation is 1. The molecule has 1 aromatic heterocycles. The van der Waals surface area contributed by atoms with Gasteiger partial charge < -0.3 is 29.0 Å². The van der Waals surface area contributed by atoms with Crippen molar-refractivity contribution in [3.05, 3.63) is 76.7 Å². The Kier molecular flexibility index (Phi) is 10.3. The molecule has 0 atom stereocenters. The topological polar surface area (TPSA) is 84.2 Å². The molecule has 9 heteroatoms. The molecular weight excluding hydrogens is 494 g/mol. The van der Waals surface area contributed by atoms with Crippen LogP contribution in [0.3, 0.4) is 0 Å². The summed E-state index contributed by atoms with van der Waals surface area (Å²) in [5.74, 6) is 2.56. The van der Waals surface area contributed by atoms with Crippen LogP contribution in [0.1, 0.15) is 30.4 Å². The van der Waals surface area contributed by atoms with Gasteiger partial charge in [0, 0.05) is 23.8 Å². The minimum Gasteiger partial charge on any atom is -0.493 e. The van der Waals surface area contributed by atoms with E-state index in [0.29, 0.717) is 60.4 Å². The van der Waals surface area contributed by atoms with Gasteiger partial charge >= 0.3 is 6.03 Å². The lowest BCUT2D eigenvalue weighted by Gasteiger charge is -2.27. The van der Waals surface area contributed by atoms with E-state index in [4.69, 9.17) is 25.5 Å². The molecule has 1 N–H and O–H groups in total. The van der Waals surface area contributed by atoms with Gasteiger partial charge in [-0.25, -0.2) is 4.79 Å². The fourth-order valence-electron chi connectivity index (χ4n) is 3.90. The quantitative estimate of drug-likeness (QED) is 0.323. The minimum atomic E-state index is -0.355. The Balaban J connectivity index is 1.74. The first-order valence-corrected chi connectivity index (χ1v) is 12.6. The second-order valence-electron chi connectivity index (χ2n) is 8.63. The number of rotatable bonds is 12. The third-order valence-corrected chi connectivity index (χ3v) is 6.03. The number of ether oxygens (including phenoxy) is 2. The second kappa shape index (κ2) is 13.6. The van der Waals surface area contributed by atoms with Crippen LogP contribution in [-0.2, 0) is 17.8 Å². The Morgan fingerprint density at radius 2 is 1.76 bits per heavy atom. The zero-order valence-corrected chi connectivity index (χ0v) is 22.5. The lowest BCUT2D eigenvalue weighted by Crippen LogP contribution is -2.45. The number of nitrogens with one attached hydrogen (secondary N) is 1. The molecule has 2 aromatic carbocycles. The summed E-state index contributed by atoms with van der Waals surface area (Å²) in [6.45, 7) is 4.93. The van der Waals surface area contributed by atoms with Crippen LogP contribution in [0.25, 0.3) is 0 Å². The molecule has 8 nitrogen and oxygen atoms in total. The number of carbonyl (C=O) groups excluding carboxylic acids is 2. The smallest absolute Gasteiger partial charge is 0.322 e. The molecule has 0 aliphatic carbocycles. The number of furan rings is 1. The molecule has 0 aliphatic rings. The number of amides is 3. The molecule has 0 radical (unpaired) electrons. The zero-order chi connectivity index (χ0) is 26.8. The van der Waals surface area contributed by atoms with Crippen LogP contribution in [0.15, 0.2) is 59.0 Å². The van der Waals surface area contributed by atoms with Crippen LogP contribution in [-0.4, -0.2) is 55.6 Å². The standard InChI is InChI=1S/C28H34ClN3O5/c1-5-14-32(28(34)30-23-8-6-7-22(29)17-23)19-27(33)31(18-24-11-9-20(2)37-24)15-13-21-10-12-25(35-3)26(16-21)36-4/h6-12,16-17H,5,13-15,18-19H2,1-4H3,(H,30,34). The third kappa shape index (κ3) is 8.18. The van der Waals surface area contributed by atoms with E-state index in [1.165, 1.54) is 4.90 Å². The van der Waals surface area contributed by atoms with Gasteiger partial charge in [-0.1, -0.05) is 30.7 Å². The number of benzene rings is 2. The highest BCUT2D eigenvalue weighted by Gasteiger charge is 2.22. The molecule has 198 valence electrons. The molecule has 0 aliphatic heterocycles. The highest BCUT2D eigenvalue weighted by molar-refractivity contribution is 6.30. The van der Waals surface area contributed by atoms with E-state index in [0.717, 1.165) is 11.3 Å². The molecule has 3 rings (SSSR count). The molecule has 0 bridgehead atoms. The van der Waals surface area contributed by atoms with Gasteiger partial charge in [-0.05, 0) is 67.8 Å². The Morgan fingerprint density at radius 1 is 0.973 bits per heavy atom. The first-order valence-electron chi connectivity index (χ1n) is 12.2. The molecule has 0 unspecified atom stereocenters. The van der Waals surface area contributed by atoms with Gasteiger partial charge in [0.05, 0.1) is 20.8 Å². The Hall–Kier alpha value is -3.65. The van der Waals surface area contributed by atoms with E-state index in [9.17, 15) is 9.59 Å². The van der Waals surface area contributed by atoms with Crippen molar-refractivity contribution < 1.29 is 23.5 Å². The van der Waals surface area contributed by atoms with Crippen LogP contribution in [0.5, 0.6) is 11.5 Å². The highest BCUT2D eigenvalue weighted by atomic mass is 35.5. The summed E-state index contributed by atoms with van der Waals surface area (Å²) in [5.41, 5.74) is 1.57. The van der Waals surface area contributed by atoms with Gasteiger partial charge in [0.15, 0.2) is 11.5 Å². The van der Waals surface area contributed by atoms with E-state index in [1.54, 1.807) is 43.4 Å². The number of hydrogen-bond acceptors (Lipinski definition) is 5. The van der Waals surface area contributed by atoms with Crippen molar-refractivity contribution in [2.24, 2.45) is 0 Å². The van der Waals surface area contributed by atoms with Crippen molar-refractivity contribution in [1.82, 2.24) is 9.80 Å². The minimum absolute atomic E-state index is 0.0636. The maximum atomic E-state index is 13.5. The van der Waals surface area contributed by atoms with E-state index >= 15 is 0 Å². The number of methoxy groups -OCH3 is 2. The first-order chi connectivity index (χ1) is 17.8. The fourth-order valence-corrected chi connectivity index (χ4v) is 4.09. The number of hydrogen-bond donors (Lipinski definition) is 1. The first kappa shape index (κ1) is 27.9. The maximum absolute atomic E-state index is 13.5. The lowest BCUT2D eigenvalue weighted by molar-refractivity contribution is -0.132. The average molecular weight is 528 g/mol. The van der Waals surface area contributed by atoms with Crippen molar-refractivity contribution in [1.29, 1.82) is 0 Å². The fraction of sp³-hybridized carbons (Fsp3) is 0.357. The van der Waals surface area contributed by atoms with Crippen molar-refractivity contribution in [3.63, 3.8) is 0 Å². The van der Waals surface area contributed by atoms with Crippen LogP contribution in [0, 0.1) is 6.92 Å². The third-order valence-electron chi connectivity index (χ3n) is 5.80. The summed E-state index contributed by atoms with van der Waals surface area (Å²) in [7, 11) is 3.18. The van der Waals surface area contributed by atoms with Gasteiger partial charge in [-0.15, -0.1) is 0 Å². The number of urea groups is 1. The van der Waals surface area contributed by atoms with Gasteiger partial charge in [0.25, 0.3) is 0 Å². The molecule has 0 fully saturated rings. The predicted molar refractivity (Wildman–Crippen MR) is 144 cm³/mol. The number of nitrogens with zero attached hydrogens (tertiary/aromatic N) is 2. The van der Waals surface area contributed by atoms with Crippen LogP contribution in [0.4, 0.5) is 10.5 Å². The summed E-state index contributed by atoms with van der Waals surface area (Å²) in [5, 5.41) is 3.35. The van der Waals surface area contributed by atoms with E-state index < -0.39 is 0 Å². The molecule has 0 saturated heterocycles. The molecular formula is C28H34ClN3O5. The Bertz CT molecular complexity index is 1200. The van der Waals surface area contributed by atoms with E-state index in [2.05, 4.69) is 5.32 Å². The summed E-state index contributed by atoms with van der Waals surface area (Å²) in [4.78, 5) is 29.7. The molecule has 37 heavy (non-hydrogen) atoms. The van der Waals surface area contributed by atoms with Gasteiger partial charge in [-0.3, -0.25) is 4.79 Å². The zero-order valence-electron chi connectivity index (χ0n) is 21.8. The van der Waals surface area contributed by atoms with E-state index in [-0.39, 0.29) is 18.5 Å². The van der Waals surface area contributed by atoms with Gasteiger partial charge in [-0.2, -0.15) is 0 Å². The van der Waals surface area contributed by atoms with Crippen molar-refractivity contribution >= 4 is 29.2 Å². The van der Waals surface area contributed by atoms with Crippen molar-refractivity contribution in [2.75, 3.05) is 39.2 Å². The highest BCUT2D eigenvalue weighted by Crippen LogP contribution is 2.28. The summed E-state index contributed by atoms with van der Waals surface area (Å²) >= 11 is 6.05. The SMILES string of the molecule is CCCN(CC(=O)N(CCc1ccc(OC)c(OC)c1)Cc1ccc(C)o1)C(=O)Nc1cccc(Cl)c1. The molecule has 1 heterocycles. The Labute approximate surface area is 223 Å². The van der Waals surface area contributed by atoms with E-state index in [1.807, 2.05) is 44.2 Å². The summed E-state index contributed by atoms with van der Waals surface area (Å²) in [6, 6.07) is 16.0. The molecule has 3 amide bonds. The van der Waals surface area contributed by atoms with Gasteiger partial charge in [0.1, 0.15) is 18.1 Å². The Morgan fingerprint density at radius 3 is 2.41 bits per heavy atom. The molecule has 0 spiro atoms. The number of carbonyl (C=O) groups is 2. The van der Waals surface area contributed by atoms with Crippen LogP contribution in [0.2, 0.25) is 5.02 Å². The molecule has 0 saturated carbocycles. The average Bonchev–Trinajstić information content (AvgIpc) is 3.30. The molecule has 3 aromatic rings. The second-order valence-corrected chi connectivity index (χ2v) is 9.07. The van der Waals surface area contributed by atoms with Crippen LogP contribution >= 0.6 is 11.6 Å². The monoisotopic (exact) mass is 527 g/mol. The van der Waals surface area contributed by atoms with Crippen LogP contribution < -0.4 is 14.8 Å². The van der Waals surface area contributed by atoms with Gasteiger partial charge in [0.2, 0.25) is 5.91 Å². The predicted octanol–water partition coefficient (Wildman–Crippen LogP) is 5.77. The van der Waals surface area contributed by atoms with Crippen molar-refractivity contribution in [3.8, 4) is 11.5 Å². The van der Waals surface area contributed by atoms with Crippen molar-refractivity contribution in [2.45, 2.75) is 33.2 Å². The summed E-state index contributed by atoms with van der Waals surface area (Å²) < 4.78 is 16.5. The maximum Gasteiger partial charge on any atom is 0.322 e. The largest absolute Gasteiger partial charge is 0.493 e.